The molecule has 0 radical (unpaired) electrons. The lowest BCUT2D eigenvalue weighted by Crippen LogP contribution is -2.30. The summed E-state index contributed by atoms with van der Waals surface area (Å²) in [5.41, 5.74) is 3.19. The molecular weight excluding hydrogens is 289 g/mol. The molecular formula is C14H12ClF3N2. The lowest BCUT2D eigenvalue weighted by atomic mass is 9.99. The van der Waals surface area contributed by atoms with Gasteiger partial charge >= 0.3 is 0 Å². The molecule has 1 atom stereocenters. The molecule has 0 aliphatic rings. The summed E-state index contributed by atoms with van der Waals surface area (Å²) >= 11 is 5.68. The fourth-order valence-corrected chi connectivity index (χ4v) is 2.15. The Hall–Kier alpha value is -1.56. The van der Waals surface area contributed by atoms with Gasteiger partial charge in [0.15, 0.2) is 0 Å². The highest BCUT2D eigenvalue weighted by molar-refractivity contribution is 6.30. The van der Waals surface area contributed by atoms with Gasteiger partial charge in [0, 0.05) is 5.56 Å². The van der Waals surface area contributed by atoms with Crippen LogP contribution in [-0.4, -0.2) is 0 Å². The first-order valence-electron chi connectivity index (χ1n) is 5.86. The maximum atomic E-state index is 13.7. The molecule has 6 heteroatoms. The SMILES string of the molecule is NNC(Cc1ccc(F)c(Cl)c1)c1cc(F)ccc1F. The fourth-order valence-electron chi connectivity index (χ4n) is 1.94. The normalized spacial score (nSPS) is 12.4. The topological polar surface area (TPSA) is 38.0 Å². The number of hydrogen-bond donors (Lipinski definition) is 2. The number of nitrogens with two attached hydrogens (primary N) is 1. The largest absolute Gasteiger partial charge is 0.271 e. The molecule has 0 spiro atoms. The molecule has 2 nitrogen and oxygen atoms in total. The van der Waals surface area contributed by atoms with Gasteiger partial charge < -0.3 is 0 Å². The van der Waals surface area contributed by atoms with Gasteiger partial charge in [-0.05, 0) is 42.3 Å². The second-order valence-electron chi connectivity index (χ2n) is 4.34. The molecule has 0 amide bonds. The van der Waals surface area contributed by atoms with Gasteiger partial charge in [0.2, 0.25) is 0 Å². The zero-order valence-corrected chi connectivity index (χ0v) is 11.1. The summed E-state index contributed by atoms with van der Waals surface area (Å²) in [6.45, 7) is 0. The predicted molar refractivity (Wildman–Crippen MR) is 71.5 cm³/mol. The average Bonchev–Trinajstić information content (AvgIpc) is 2.43. The van der Waals surface area contributed by atoms with E-state index in [1.807, 2.05) is 0 Å². The Kier molecular flexibility index (Phi) is 4.65. The third-order valence-corrected chi connectivity index (χ3v) is 3.25. The van der Waals surface area contributed by atoms with Crippen molar-refractivity contribution < 1.29 is 13.2 Å². The standard InChI is InChI=1S/C14H12ClF3N2/c15-11-5-8(1-3-13(11)18)6-14(20-19)10-7-9(16)2-4-12(10)17/h1-5,7,14,20H,6,19H2. The van der Waals surface area contributed by atoms with Gasteiger partial charge in [0.1, 0.15) is 17.5 Å². The Bertz CT molecular complexity index is 619. The van der Waals surface area contributed by atoms with Gasteiger partial charge in [-0.25, -0.2) is 13.2 Å². The van der Waals surface area contributed by atoms with E-state index in [1.165, 1.54) is 18.2 Å². The Labute approximate surface area is 119 Å². The van der Waals surface area contributed by atoms with Crippen LogP contribution in [0.1, 0.15) is 17.2 Å². The molecule has 0 aromatic heterocycles. The molecule has 0 aliphatic carbocycles. The van der Waals surface area contributed by atoms with E-state index in [-0.39, 0.29) is 17.0 Å². The Morgan fingerprint density at radius 1 is 1.05 bits per heavy atom. The van der Waals surface area contributed by atoms with Crippen molar-refractivity contribution in [1.82, 2.24) is 5.43 Å². The van der Waals surface area contributed by atoms with Crippen LogP contribution < -0.4 is 11.3 Å². The van der Waals surface area contributed by atoms with Crippen LogP contribution in [0.3, 0.4) is 0 Å². The predicted octanol–water partition coefficient (Wildman–Crippen LogP) is 3.50. The van der Waals surface area contributed by atoms with Crippen LogP contribution >= 0.6 is 11.6 Å². The van der Waals surface area contributed by atoms with E-state index in [0.29, 0.717) is 5.56 Å². The summed E-state index contributed by atoms with van der Waals surface area (Å²) in [7, 11) is 0. The van der Waals surface area contributed by atoms with Crippen molar-refractivity contribution in [1.29, 1.82) is 0 Å². The van der Waals surface area contributed by atoms with Gasteiger partial charge in [-0.1, -0.05) is 17.7 Å². The molecule has 0 saturated carbocycles. The number of rotatable bonds is 4. The molecule has 20 heavy (non-hydrogen) atoms. The van der Waals surface area contributed by atoms with E-state index < -0.39 is 23.5 Å². The van der Waals surface area contributed by atoms with Crippen LogP contribution in [0.4, 0.5) is 13.2 Å². The molecule has 3 N–H and O–H groups in total. The van der Waals surface area contributed by atoms with Gasteiger partial charge in [0.25, 0.3) is 0 Å². The highest BCUT2D eigenvalue weighted by Gasteiger charge is 2.16. The highest BCUT2D eigenvalue weighted by Crippen LogP contribution is 2.24. The van der Waals surface area contributed by atoms with Crippen molar-refractivity contribution in [2.75, 3.05) is 0 Å². The summed E-state index contributed by atoms with van der Waals surface area (Å²) in [5.74, 6) is 3.73. The molecule has 1 unspecified atom stereocenters. The maximum absolute atomic E-state index is 13.7. The van der Waals surface area contributed by atoms with Gasteiger partial charge in [-0.3, -0.25) is 11.3 Å². The van der Waals surface area contributed by atoms with Crippen LogP contribution in [-0.2, 0) is 6.42 Å². The molecule has 0 aliphatic heterocycles. The maximum Gasteiger partial charge on any atom is 0.141 e. The third-order valence-electron chi connectivity index (χ3n) is 2.96. The second kappa shape index (κ2) is 6.26. The first-order valence-corrected chi connectivity index (χ1v) is 6.24. The minimum Gasteiger partial charge on any atom is -0.271 e. The monoisotopic (exact) mass is 300 g/mol. The first kappa shape index (κ1) is 14.8. The lowest BCUT2D eigenvalue weighted by Gasteiger charge is -2.17. The Morgan fingerprint density at radius 2 is 1.75 bits per heavy atom. The summed E-state index contributed by atoms with van der Waals surface area (Å²) < 4.78 is 40.0. The molecule has 0 heterocycles. The minimum absolute atomic E-state index is 0.0296. The number of nitrogens with one attached hydrogen (secondary N) is 1. The number of benzene rings is 2. The molecule has 0 fully saturated rings. The van der Waals surface area contributed by atoms with Crippen LogP contribution in [0.5, 0.6) is 0 Å². The number of halogens is 4. The summed E-state index contributed by atoms with van der Waals surface area (Å²) in [5, 5.41) is -0.0296. The van der Waals surface area contributed by atoms with Crippen molar-refractivity contribution in [2.24, 2.45) is 5.84 Å². The summed E-state index contributed by atoms with van der Waals surface area (Å²) in [6.07, 6.45) is 0.247. The van der Waals surface area contributed by atoms with Crippen LogP contribution in [0.2, 0.25) is 5.02 Å². The van der Waals surface area contributed by atoms with Crippen LogP contribution in [0, 0.1) is 17.5 Å². The van der Waals surface area contributed by atoms with Crippen molar-refractivity contribution in [3.05, 3.63) is 70.0 Å². The zero-order valence-electron chi connectivity index (χ0n) is 10.3. The molecule has 0 saturated heterocycles. The minimum atomic E-state index is -0.646. The fraction of sp³-hybridized carbons (Fsp3) is 0.143. The van der Waals surface area contributed by atoms with E-state index in [9.17, 15) is 13.2 Å². The quantitative estimate of drug-likeness (QED) is 0.670. The van der Waals surface area contributed by atoms with Crippen molar-refractivity contribution >= 4 is 11.6 Å². The molecule has 106 valence electrons. The van der Waals surface area contributed by atoms with Gasteiger partial charge in [-0.15, -0.1) is 0 Å². The first-order chi connectivity index (χ1) is 9.51. The highest BCUT2D eigenvalue weighted by atomic mass is 35.5. The van der Waals surface area contributed by atoms with Crippen LogP contribution in [0.15, 0.2) is 36.4 Å². The molecule has 2 rings (SSSR count). The Balaban J connectivity index is 2.28. The van der Waals surface area contributed by atoms with Crippen LogP contribution in [0.25, 0.3) is 0 Å². The summed E-state index contributed by atoms with van der Waals surface area (Å²) in [6, 6.07) is 6.65. The molecule has 2 aromatic rings. The van der Waals surface area contributed by atoms with Crippen molar-refractivity contribution in [2.45, 2.75) is 12.5 Å². The average molecular weight is 301 g/mol. The Morgan fingerprint density at radius 3 is 2.40 bits per heavy atom. The summed E-state index contributed by atoms with van der Waals surface area (Å²) in [4.78, 5) is 0. The molecule has 0 bridgehead atoms. The molecule has 2 aromatic carbocycles. The van der Waals surface area contributed by atoms with Crippen molar-refractivity contribution in [3.8, 4) is 0 Å². The third kappa shape index (κ3) is 3.30. The second-order valence-corrected chi connectivity index (χ2v) is 4.74. The van der Waals surface area contributed by atoms with Gasteiger partial charge in [-0.2, -0.15) is 0 Å². The smallest absolute Gasteiger partial charge is 0.141 e. The lowest BCUT2D eigenvalue weighted by molar-refractivity contribution is 0.502. The zero-order chi connectivity index (χ0) is 14.7. The van der Waals surface area contributed by atoms with E-state index in [1.54, 1.807) is 0 Å². The van der Waals surface area contributed by atoms with E-state index in [2.05, 4.69) is 5.43 Å². The van der Waals surface area contributed by atoms with Crippen molar-refractivity contribution in [3.63, 3.8) is 0 Å². The number of hydrogen-bond acceptors (Lipinski definition) is 2. The van der Waals surface area contributed by atoms with E-state index in [4.69, 9.17) is 17.4 Å². The van der Waals surface area contributed by atoms with Gasteiger partial charge in [0.05, 0.1) is 11.1 Å². The van der Waals surface area contributed by atoms with E-state index >= 15 is 0 Å². The number of hydrazine groups is 1. The van der Waals surface area contributed by atoms with E-state index in [0.717, 1.165) is 18.2 Å².